The number of nitrogens with one attached hydrogen (secondary N) is 2. The summed E-state index contributed by atoms with van der Waals surface area (Å²) >= 11 is 1.50. The Labute approximate surface area is 179 Å². The van der Waals surface area contributed by atoms with Crippen molar-refractivity contribution in [2.75, 3.05) is 30.4 Å². The zero-order chi connectivity index (χ0) is 20.9. The van der Waals surface area contributed by atoms with E-state index in [1.165, 1.54) is 16.9 Å². The van der Waals surface area contributed by atoms with Crippen LogP contribution in [0.3, 0.4) is 0 Å². The molecule has 3 N–H and O–H groups in total. The second kappa shape index (κ2) is 9.17. The molecule has 0 saturated heterocycles. The first-order chi connectivity index (χ1) is 14.6. The van der Waals surface area contributed by atoms with Crippen LogP contribution in [0.25, 0.3) is 10.3 Å². The van der Waals surface area contributed by atoms with Gasteiger partial charge in [0.15, 0.2) is 5.13 Å². The highest BCUT2D eigenvalue weighted by Gasteiger charge is 2.12. The molecule has 0 saturated carbocycles. The molecular formula is C22H24N6OS. The number of hydrogen-bond donors (Lipinski definition) is 3. The number of hydrogen-bond acceptors (Lipinski definition) is 8. The van der Waals surface area contributed by atoms with Gasteiger partial charge in [-0.05, 0) is 37.3 Å². The van der Waals surface area contributed by atoms with E-state index < -0.39 is 0 Å². The number of rotatable bonds is 8. The zero-order valence-electron chi connectivity index (χ0n) is 17.0. The molecule has 0 atom stereocenters. The number of aryl methyl sites for hydroxylation is 1. The molecule has 0 aliphatic heterocycles. The molecule has 7 nitrogen and oxygen atoms in total. The van der Waals surface area contributed by atoms with Gasteiger partial charge in [0.05, 0.1) is 6.61 Å². The number of fused-ring (bicyclic) bond motifs is 1. The standard InChI is InChI=1S/C22H24N6OS/c1-15-5-7-17(8-6-15)28(2)19-10-9-18-21(26-19)30-22(25-18)27-20-16(4-3-11-24-20)14-23-12-13-29/h3-11,23,29H,12-14H2,1-2H3,(H,24,25,27). The van der Waals surface area contributed by atoms with Gasteiger partial charge in [-0.2, -0.15) is 0 Å². The van der Waals surface area contributed by atoms with E-state index in [-0.39, 0.29) is 6.61 Å². The van der Waals surface area contributed by atoms with E-state index in [9.17, 15) is 0 Å². The highest BCUT2D eigenvalue weighted by molar-refractivity contribution is 7.21. The van der Waals surface area contributed by atoms with Crippen molar-refractivity contribution in [3.8, 4) is 0 Å². The van der Waals surface area contributed by atoms with Crippen molar-refractivity contribution in [2.45, 2.75) is 13.5 Å². The number of anilines is 4. The summed E-state index contributed by atoms with van der Waals surface area (Å²) in [7, 11) is 2.01. The Morgan fingerprint density at radius 2 is 1.90 bits per heavy atom. The number of aliphatic hydroxyl groups excluding tert-OH is 1. The summed E-state index contributed by atoms with van der Waals surface area (Å²) in [4.78, 5) is 16.8. The summed E-state index contributed by atoms with van der Waals surface area (Å²) < 4.78 is 0. The predicted octanol–water partition coefficient (Wildman–Crippen LogP) is 3.99. The zero-order valence-corrected chi connectivity index (χ0v) is 17.8. The number of benzene rings is 1. The highest BCUT2D eigenvalue weighted by Crippen LogP contribution is 2.30. The second-order valence-corrected chi connectivity index (χ2v) is 7.92. The van der Waals surface area contributed by atoms with Crippen molar-refractivity contribution in [1.82, 2.24) is 20.3 Å². The molecule has 4 aromatic rings. The lowest BCUT2D eigenvalue weighted by atomic mass is 10.2. The fourth-order valence-electron chi connectivity index (χ4n) is 3.05. The summed E-state index contributed by atoms with van der Waals surface area (Å²) in [5.74, 6) is 1.62. The summed E-state index contributed by atoms with van der Waals surface area (Å²) in [6.07, 6.45) is 1.75. The van der Waals surface area contributed by atoms with Crippen LogP contribution in [-0.2, 0) is 6.54 Å². The average molecular weight is 421 g/mol. The van der Waals surface area contributed by atoms with Crippen LogP contribution in [0.1, 0.15) is 11.1 Å². The van der Waals surface area contributed by atoms with Crippen molar-refractivity contribution < 1.29 is 5.11 Å². The molecule has 0 bridgehead atoms. The molecule has 154 valence electrons. The lowest BCUT2D eigenvalue weighted by Gasteiger charge is -2.18. The van der Waals surface area contributed by atoms with Gasteiger partial charge in [0, 0.05) is 37.6 Å². The SMILES string of the molecule is Cc1ccc(N(C)c2ccc3nc(Nc4ncccc4CNCCO)sc3n2)cc1. The fourth-order valence-corrected chi connectivity index (χ4v) is 3.88. The van der Waals surface area contributed by atoms with Crippen molar-refractivity contribution in [1.29, 1.82) is 0 Å². The van der Waals surface area contributed by atoms with Crippen LogP contribution in [0.4, 0.5) is 22.5 Å². The van der Waals surface area contributed by atoms with Gasteiger partial charge in [0.2, 0.25) is 0 Å². The molecule has 30 heavy (non-hydrogen) atoms. The molecule has 3 aromatic heterocycles. The molecule has 0 spiro atoms. The van der Waals surface area contributed by atoms with Crippen LogP contribution in [-0.4, -0.2) is 40.3 Å². The van der Waals surface area contributed by atoms with E-state index in [0.29, 0.717) is 13.1 Å². The van der Waals surface area contributed by atoms with Gasteiger partial charge in [-0.1, -0.05) is 35.1 Å². The van der Waals surface area contributed by atoms with Crippen molar-refractivity contribution in [2.24, 2.45) is 0 Å². The third-order valence-corrected chi connectivity index (χ3v) is 5.61. The lowest BCUT2D eigenvalue weighted by Crippen LogP contribution is -2.18. The maximum absolute atomic E-state index is 8.96. The Bertz CT molecular complexity index is 1130. The van der Waals surface area contributed by atoms with Gasteiger partial charge in [-0.3, -0.25) is 0 Å². The van der Waals surface area contributed by atoms with E-state index in [2.05, 4.69) is 56.7 Å². The molecule has 0 aliphatic rings. The third-order valence-electron chi connectivity index (χ3n) is 4.73. The van der Waals surface area contributed by atoms with Crippen molar-refractivity contribution in [3.63, 3.8) is 0 Å². The maximum Gasteiger partial charge on any atom is 0.190 e. The summed E-state index contributed by atoms with van der Waals surface area (Å²) in [6, 6.07) is 16.2. The fraction of sp³-hybridized carbons (Fsp3) is 0.227. The van der Waals surface area contributed by atoms with E-state index in [1.54, 1.807) is 6.20 Å². The van der Waals surface area contributed by atoms with Gasteiger partial charge in [0.25, 0.3) is 0 Å². The molecule has 1 aromatic carbocycles. The van der Waals surface area contributed by atoms with Gasteiger partial charge >= 0.3 is 0 Å². The van der Waals surface area contributed by atoms with Crippen LogP contribution in [0.15, 0.2) is 54.7 Å². The Kier molecular flexibility index (Phi) is 6.18. The van der Waals surface area contributed by atoms with Crippen LogP contribution in [0.5, 0.6) is 0 Å². The summed E-state index contributed by atoms with van der Waals surface area (Å²) in [5.41, 5.74) is 4.18. The topological polar surface area (TPSA) is 86.2 Å². The smallest absolute Gasteiger partial charge is 0.190 e. The monoisotopic (exact) mass is 420 g/mol. The Hall–Kier alpha value is -3.07. The van der Waals surface area contributed by atoms with E-state index in [1.807, 2.05) is 31.3 Å². The first kappa shape index (κ1) is 20.2. The van der Waals surface area contributed by atoms with E-state index in [0.717, 1.165) is 38.4 Å². The molecule has 0 amide bonds. The molecule has 3 heterocycles. The predicted molar refractivity (Wildman–Crippen MR) is 123 cm³/mol. The minimum absolute atomic E-state index is 0.103. The highest BCUT2D eigenvalue weighted by atomic mass is 32.1. The summed E-state index contributed by atoms with van der Waals surface area (Å²) in [5, 5.41) is 16.2. The number of nitrogens with zero attached hydrogens (tertiary/aromatic N) is 4. The number of aliphatic hydroxyl groups is 1. The summed E-state index contributed by atoms with van der Waals surface area (Å²) in [6.45, 7) is 3.34. The molecule has 0 radical (unpaired) electrons. The Morgan fingerprint density at radius 1 is 1.07 bits per heavy atom. The van der Waals surface area contributed by atoms with Gasteiger partial charge in [-0.15, -0.1) is 0 Å². The lowest BCUT2D eigenvalue weighted by molar-refractivity contribution is 0.292. The van der Waals surface area contributed by atoms with Crippen LogP contribution in [0, 0.1) is 6.92 Å². The van der Waals surface area contributed by atoms with Crippen LogP contribution < -0.4 is 15.5 Å². The minimum atomic E-state index is 0.103. The minimum Gasteiger partial charge on any atom is -0.395 e. The number of aromatic nitrogens is 3. The quantitative estimate of drug-likeness (QED) is 0.372. The van der Waals surface area contributed by atoms with Gasteiger partial charge in [-0.25, -0.2) is 15.0 Å². The third kappa shape index (κ3) is 4.56. The first-order valence-electron chi connectivity index (χ1n) is 9.74. The van der Waals surface area contributed by atoms with Gasteiger partial charge in [0.1, 0.15) is 22.0 Å². The van der Waals surface area contributed by atoms with Crippen LogP contribution in [0.2, 0.25) is 0 Å². The molecule has 0 fully saturated rings. The molecule has 0 aliphatic carbocycles. The molecule has 8 heteroatoms. The van der Waals surface area contributed by atoms with Crippen molar-refractivity contribution >= 4 is 44.1 Å². The van der Waals surface area contributed by atoms with Crippen LogP contribution >= 0.6 is 11.3 Å². The second-order valence-electron chi connectivity index (χ2n) is 6.94. The molecular weight excluding hydrogens is 396 g/mol. The molecule has 0 unspecified atom stereocenters. The Balaban J connectivity index is 1.55. The number of thiazole rings is 1. The molecule has 4 rings (SSSR count). The normalized spacial score (nSPS) is 11.0. The first-order valence-corrected chi connectivity index (χ1v) is 10.6. The largest absolute Gasteiger partial charge is 0.395 e. The maximum atomic E-state index is 8.96. The van der Waals surface area contributed by atoms with E-state index in [4.69, 9.17) is 10.1 Å². The average Bonchev–Trinajstić information content (AvgIpc) is 3.16. The van der Waals surface area contributed by atoms with E-state index >= 15 is 0 Å². The Morgan fingerprint density at radius 3 is 2.70 bits per heavy atom. The van der Waals surface area contributed by atoms with Gasteiger partial charge < -0.3 is 20.6 Å². The number of pyridine rings is 2. The van der Waals surface area contributed by atoms with Crippen molar-refractivity contribution in [3.05, 3.63) is 65.9 Å².